The SMILES string of the molecule is Cc1nnc(N[C@H](C)c2ccc(F)cc2F)c2cc(N3CC[C@@H](F)C3)cnc12. The summed E-state index contributed by atoms with van der Waals surface area (Å²) in [5, 5.41) is 12.2. The number of hydrogen-bond acceptors (Lipinski definition) is 5. The number of aryl methyl sites for hydroxylation is 1. The Balaban J connectivity index is 1.70. The van der Waals surface area contributed by atoms with E-state index in [4.69, 9.17) is 0 Å². The Kier molecular flexibility index (Phi) is 4.78. The Bertz CT molecular complexity index is 1030. The van der Waals surface area contributed by atoms with E-state index in [1.54, 1.807) is 13.1 Å². The molecule has 2 aromatic heterocycles. The topological polar surface area (TPSA) is 53.9 Å². The van der Waals surface area contributed by atoms with E-state index in [1.165, 1.54) is 12.1 Å². The van der Waals surface area contributed by atoms with E-state index in [2.05, 4.69) is 20.5 Å². The fourth-order valence-corrected chi connectivity index (χ4v) is 3.52. The van der Waals surface area contributed by atoms with E-state index >= 15 is 0 Å². The highest BCUT2D eigenvalue weighted by Crippen LogP contribution is 2.30. The van der Waals surface area contributed by atoms with Gasteiger partial charge in [0.15, 0.2) is 5.82 Å². The zero-order valence-electron chi connectivity index (χ0n) is 15.6. The molecule has 146 valence electrons. The number of pyridine rings is 1. The molecule has 0 spiro atoms. The first-order valence-corrected chi connectivity index (χ1v) is 9.16. The van der Waals surface area contributed by atoms with Crippen LogP contribution in [0.3, 0.4) is 0 Å². The van der Waals surface area contributed by atoms with Gasteiger partial charge in [-0.3, -0.25) is 4.98 Å². The van der Waals surface area contributed by atoms with Gasteiger partial charge in [-0.1, -0.05) is 6.07 Å². The lowest BCUT2D eigenvalue weighted by molar-refractivity contribution is 0.364. The van der Waals surface area contributed by atoms with Gasteiger partial charge >= 0.3 is 0 Å². The van der Waals surface area contributed by atoms with E-state index in [0.29, 0.717) is 42.1 Å². The maximum atomic E-state index is 14.1. The quantitative estimate of drug-likeness (QED) is 0.722. The minimum absolute atomic E-state index is 0.320. The average Bonchev–Trinajstić information content (AvgIpc) is 3.10. The molecule has 0 bridgehead atoms. The molecule has 8 heteroatoms. The van der Waals surface area contributed by atoms with Crippen LogP contribution >= 0.6 is 0 Å². The number of rotatable bonds is 4. The van der Waals surface area contributed by atoms with Gasteiger partial charge in [0.05, 0.1) is 29.1 Å². The van der Waals surface area contributed by atoms with Crippen LogP contribution in [-0.2, 0) is 0 Å². The van der Waals surface area contributed by atoms with Crippen LogP contribution in [0.2, 0.25) is 0 Å². The molecule has 1 fully saturated rings. The molecule has 2 atom stereocenters. The molecule has 1 aromatic carbocycles. The second-order valence-electron chi connectivity index (χ2n) is 7.09. The lowest BCUT2D eigenvalue weighted by Crippen LogP contribution is -2.20. The van der Waals surface area contributed by atoms with Crippen LogP contribution in [0.5, 0.6) is 0 Å². The number of alkyl halides is 1. The van der Waals surface area contributed by atoms with Crippen LogP contribution in [0.1, 0.15) is 30.6 Å². The van der Waals surface area contributed by atoms with Gasteiger partial charge in [0, 0.05) is 30.1 Å². The molecule has 0 saturated carbocycles. The van der Waals surface area contributed by atoms with Crippen molar-refractivity contribution in [3.63, 3.8) is 0 Å². The molecule has 4 rings (SSSR count). The highest BCUT2D eigenvalue weighted by Gasteiger charge is 2.23. The predicted octanol–water partition coefficient (Wildman–Crippen LogP) is 4.33. The predicted molar refractivity (Wildman–Crippen MR) is 102 cm³/mol. The number of anilines is 2. The van der Waals surface area contributed by atoms with Gasteiger partial charge in [0.25, 0.3) is 0 Å². The number of benzene rings is 1. The Labute approximate surface area is 160 Å². The number of fused-ring (bicyclic) bond motifs is 1. The van der Waals surface area contributed by atoms with E-state index < -0.39 is 23.8 Å². The fraction of sp³-hybridized carbons (Fsp3) is 0.350. The monoisotopic (exact) mass is 387 g/mol. The summed E-state index contributed by atoms with van der Waals surface area (Å²) in [6, 6.07) is 4.91. The van der Waals surface area contributed by atoms with Gasteiger partial charge in [-0.2, -0.15) is 5.10 Å². The van der Waals surface area contributed by atoms with E-state index in [9.17, 15) is 13.2 Å². The smallest absolute Gasteiger partial charge is 0.158 e. The molecular formula is C20H20F3N5. The number of aromatic nitrogens is 3. The normalized spacial score (nSPS) is 17.9. The maximum Gasteiger partial charge on any atom is 0.158 e. The zero-order valence-corrected chi connectivity index (χ0v) is 15.6. The second kappa shape index (κ2) is 7.26. The molecule has 0 radical (unpaired) electrons. The van der Waals surface area contributed by atoms with Crippen LogP contribution in [-0.4, -0.2) is 34.4 Å². The second-order valence-corrected chi connectivity index (χ2v) is 7.09. The molecule has 3 heterocycles. The molecule has 0 unspecified atom stereocenters. The van der Waals surface area contributed by atoms with Crippen molar-refractivity contribution in [2.24, 2.45) is 0 Å². The van der Waals surface area contributed by atoms with E-state index in [-0.39, 0.29) is 0 Å². The van der Waals surface area contributed by atoms with Gasteiger partial charge in [0.2, 0.25) is 0 Å². The van der Waals surface area contributed by atoms with Gasteiger partial charge in [0.1, 0.15) is 17.8 Å². The molecule has 1 aliphatic rings. The maximum absolute atomic E-state index is 14.1. The molecular weight excluding hydrogens is 367 g/mol. The van der Waals surface area contributed by atoms with Crippen molar-refractivity contribution in [2.75, 3.05) is 23.3 Å². The van der Waals surface area contributed by atoms with Crippen LogP contribution in [0, 0.1) is 18.6 Å². The van der Waals surface area contributed by atoms with E-state index in [1.807, 2.05) is 17.9 Å². The largest absolute Gasteiger partial charge is 0.367 e. The van der Waals surface area contributed by atoms with Gasteiger partial charge in [-0.15, -0.1) is 5.10 Å². The Morgan fingerprint density at radius 2 is 2.04 bits per heavy atom. The highest BCUT2D eigenvalue weighted by atomic mass is 19.1. The lowest BCUT2D eigenvalue weighted by atomic mass is 10.1. The molecule has 0 aliphatic carbocycles. The summed E-state index contributed by atoms with van der Waals surface area (Å²) < 4.78 is 40.9. The Morgan fingerprint density at radius 1 is 1.21 bits per heavy atom. The summed E-state index contributed by atoms with van der Waals surface area (Å²) in [6.45, 7) is 4.54. The van der Waals surface area contributed by atoms with Crippen LogP contribution in [0.4, 0.5) is 24.7 Å². The summed E-state index contributed by atoms with van der Waals surface area (Å²) in [5.41, 5.74) is 2.46. The Morgan fingerprint density at radius 3 is 2.75 bits per heavy atom. The third-order valence-corrected chi connectivity index (χ3v) is 5.05. The number of halogens is 3. The molecule has 1 aliphatic heterocycles. The third-order valence-electron chi connectivity index (χ3n) is 5.05. The molecule has 28 heavy (non-hydrogen) atoms. The van der Waals surface area contributed by atoms with Crippen molar-refractivity contribution in [1.82, 2.24) is 15.2 Å². The number of hydrogen-bond donors (Lipinski definition) is 1. The highest BCUT2D eigenvalue weighted by molar-refractivity contribution is 5.92. The van der Waals surface area contributed by atoms with Crippen molar-refractivity contribution >= 4 is 22.4 Å². The molecule has 1 saturated heterocycles. The third kappa shape index (κ3) is 3.46. The zero-order chi connectivity index (χ0) is 19.8. The first kappa shape index (κ1) is 18.5. The van der Waals surface area contributed by atoms with Crippen molar-refractivity contribution < 1.29 is 13.2 Å². The summed E-state index contributed by atoms with van der Waals surface area (Å²) >= 11 is 0. The lowest BCUT2D eigenvalue weighted by Gasteiger charge is -2.20. The standard InChI is InChI=1S/C20H20F3N5/c1-11(16-4-3-13(21)7-18(16)23)25-20-17-8-15(28-6-5-14(22)10-28)9-24-19(17)12(2)26-27-20/h3-4,7-9,11,14H,5-6,10H2,1-2H3,(H,25,27)/t11-,14-/m1/s1. The van der Waals surface area contributed by atoms with Crippen molar-refractivity contribution in [2.45, 2.75) is 32.5 Å². The summed E-state index contributed by atoms with van der Waals surface area (Å²) in [4.78, 5) is 6.43. The van der Waals surface area contributed by atoms with Gasteiger partial charge < -0.3 is 10.2 Å². The first-order chi connectivity index (χ1) is 13.4. The van der Waals surface area contributed by atoms with Crippen LogP contribution < -0.4 is 10.2 Å². The average molecular weight is 387 g/mol. The van der Waals surface area contributed by atoms with Crippen LogP contribution in [0.25, 0.3) is 10.9 Å². The minimum atomic E-state index is -0.841. The molecule has 3 aromatic rings. The van der Waals surface area contributed by atoms with Crippen molar-refractivity contribution in [1.29, 1.82) is 0 Å². The van der Waals surface area contributed by atoms with E-state index in [0.717, 1.165) is 17.1 Å². The Hall–Kier alpha value is -2.90. The van der Waals surface area contributed by atoms with Crippen molar-refractivity contribution in [3.05, 3.63) is 53.4 Å². The van der Waals surface area contributed by atoms with Gasteiger partial charge in [-0.05, 0) is 32.4 Å². The number of nitrogens with zero attached hydrogens (tertiary/aromatic N) is 4. The summed E-state index contributed by atoms with van der Waals surface area (Å²) in [6.07, 6.45) is 1.37. The summed E-state index contributed by atoms with van der Waals surface area (Å²) in [5.74, 6) is -0.809. The molecule has 0 amide bonds. The van der Waals surface area contributed by atoms with Crippen molar-refractivity contribution in [3.8, 4) is 0 Å². The molecule has 5 nitrogen and oxygen atoms in total. The molecule has 1 N–H and O–H groups in total. The van der Waals surface area contributed by atoms with Gasteiger partial charge in [-0.25, -0.2) is 13.2 Å². The summed E-state index contributed by atoms with van der Waals surface area (Å²) in [7, 11) is 0. The fourth-order valence-electron chi connectivity index (χ4n) is 3.52. The first-order valence-electron chi connectivity index (χ1n) is 9.16. The minimum Gasteiger partial charge on any atom is -0.367 e. The number of nitrogens with one attached hydrogen (secondary N) is 1. The van der Waals surface area contributed by atoms with Crippen LogP contribution in [0.15, 0.2) is 30.5 Å².